The summed E-state index contributed by atoms with van der Waals surface area (Å²) in [5.41, 5.74) is 0.495. The van der Waals surface area contributed by atoms with E-state index in [0.717, 1.165) is 12.5 Å². The molecular formula is C20H18F3N3O3. The van der Waals surface area contributed by atoms with Gasteiger partial charge in [-0.1, -0.05) is 0 Å². The van der Waals surface area contributed by atoms with E-state index in [1.807, 2.05) is 0 Å². The van der Waals surface area contributed by atoms with Gasteiger partial charge in [-0.15, -0.1) is 0 Å². The summed E-state index contributed by atoms with van der Waals surface area (Å²) in [4.78, 5) is 16.6. The number of halogens is 3. The molecular weight excluding hydrogens is 387 g/mol. The van der Waals surface area contributed by atoms with Crippen molar-refractivity contribution in [2.24, 2.45) is 0 Å². The maximum atomic E-state index is 13.0. The number of carbonyl (C=O) groups excluding carboxylic acids is 1. The molecule has 2 aromatic heterocycles. The number of benzene rings is 1. The number of ether oxygens (including phenoxy) is 1. The zero-order valence-corrected chi connectivity index (χ0v) is 15.7. The molecule has 29 heavy (non-hydrogen) atoms. The predicted molar refractivity (Wildman–Crippen MR) is 98.8 cm³/mol. The van der Waals surface area contributed by atoms with Crippen molar-refractivity contribution in [1.29, 1.82) is 0 Å². The highest BCUT2D eigenvalue weighted by atomic mass is 19.4. The molecule has 1 atom stereocenters. The third-order valence-corrected chi connectivity index (χ3v) is 5.04. The SMILES string of the molecule is CC(=O)c1c2ccc(-c3c(C)cc(C(F)(F)F)cc3O)nc2nn1C1CCOC1. The molecule has 1 saturated heterocycles. The van der Waals surface area contributed by atoms with Gasteiger partial charge >= 0.3 is 6.18 Å². The van der Waals surface area contributed by atoms with Gasteiger partial charge in [0.15, 0.2) is 11.4 Å². The van der Waals surface area contributed by atoms with E-state index in [1.54, 1.807) is 16.8 Å². The Morgan fingerprint density at radius 2 is 2.07 bits per heavy atom. The van der Waals surface area contributed by atoms with Gasteiger partial charge in [0.2, 0.25) is 0 Å². The van der Waals surface area contributed by atoms with E-state index in [1.165, 1.54) is 13.8 Å². The maximum Gasteiger partial charge on any atom is 0.416 e. The van der Waals surface area contributed by atoms with Crippen molar-refractivity contribution in [1.82, 2.24) is 14.8 Å². The maximum absolute atomic E-state index is 13.0. The Bertz CT molecular complexity index is 1090. The number of hydrogen-bond acceptors (Lipinski definition) is 5. The van der Waals surface area contributed by atoms with Crippen molar-refractivity contribution < 1.29 is 27.8 Å². The van der Waals surface area contributed by atoms with Gasteiger partial charge in [-0.3, -0.25) is 9.48 Å². The van der Waals surface area contributed by atoms with Crippen LogP contribution in [0.3, 0.4) is 0 Å². The molecule has 3 aromatic rings. The van der Waals surface area contributed by atoms with Crippen LogP contribution in [0.15, 0.2) is 24.3 Å². The van der Waals surface area contributed by atoms with Crippen molar-refractivity contribution in [3.8, 4) is 17.0 Å². The van der Waals surface area contributed by atoms with Gasteiger partial charge in [-0.05, 0) is 43.2 Å². The second-order valence-electron chi connectivity index (χ2n) is 7.12. The van der Waals surface area contributed by atoms with Crippen LogP contribution in [-0.4, -0.2) is 38.9 Å². The van der Waals surface area contributed by atoms with Crippen LogP contribution >= 0.6 is 0 Å². The van der Waals surface area contributed by atoms with Crippen LogP contribution in [0.25, 0.3) is 22.3 Å². The zero-order chi connectivity index (χ0) is 20.9. The number of Topliss-reactive ketones (excluding diaryl/α,β-unsaturated/α-hetero) is 1. The first-order valence-corrected chi connectivity index (χ1v) is 9.06. The summed E-state index contributed by atoms with van der Waals surface area (Å²) in [6, 6.07) is 4.80. The Morgan fingerprint density at radius 3 is 2.66 bits per heavy atom. The van der Waals surface area contributed by atoms with Gasteiger partial charge in [0.25, 0.3) is 0 Å². The van der Waals surface area contributed by atoms with Crippen LogP contribution in [0.2, 0.25) is 0 Å². The summed E-state index contributed by atoms with van der Waals surface area (Å²) in [6.07, 6.45) is -3.84. The van der Waals surface area contributed by atoms with Crippen LogP contribution in [0.5, 0.6) is 5.75 Å². The first-order chi connectivity index (χ1) is 13.7. The summed E-state index contributed by atoms with van der Waals surface area (Å²) in [6.45, 7) is 3.95. The first kappa shape index (κ1) is 19.4. The number of fused-ring (bicyclic) bond motifs is 1. The van der Waals surface area contributed by atoms with Crippen LogP contribution in [0.4, 0.5) is 13.2 Å². The minimum atomic E-state index is -4.56. The second-order valence-corrected chi connectivity index (χ2v) is 7.12. The fourth-order valence-corrected chi connectivity index (χ4v) is 3.72. The molecule has 9 heteroatoms. The molecule has 0 saturated carbocycles. The van der Waals surface area contributed by atoms with Gasteiger partial charge in [-0.2, -0.15) is 18.3 Å². The lowest BCUT2D eigenvalue weighted by molar-refractivity contribution is -0.137. The third-order valence-electron chi connectivity index (χ3n) is 5.04. The lowest BCUT2D eigenvalue weighted by Crippen LogP contribution is -2.15. The van der Waals surface area contributed by atoms with Crippen molar-refractivity contribution >= 4 is 16.8 Å². The summed E-state index contributed by atoms with van der Waals surface area (Å²) in [5.74, 6) is -0.679. The van der Waals surface area contributed by atoms with Gasteiger partial charge in [0.05, 0.1) is 29.3 Å². The number of aromatic hydroxyl groups is 1. The van der Waals surface area contributed by atoms with Crippen molar-refractivity contribution in [2.45, 2.75) is 32.5 Å². The molecule has 4 rings (SSSR count). The molecule has 1 N–H and O–H groups in total. The molecule has 152 valence electrons. The number of rotatable bonds is 3. The quantitative estimate of drug-likeness (QED) is 0.658. The molecule has 3 heterocycles. The number of phenolic OH excluding ortho intramolecular Hbond substituents is 1. The number of carbonyl (C=O) groups is 1. The molecule has 1 aliphatic heterocycles. The molecule has 1 aliphatic rings. The van der Waals surface area contributed by atoms with E-state index in [4.69, 9.17) is 4.74 Å². The number of phenols is 1. The summed E-state index contributed by atoms with van der Waals surface area (Å²) in [7, 11) is 0. The summed E-state index contributed by atoms with van der Waals surface area (Å²) >= 11 is 0. The number of alkyl halides is 3. The van der Waals surface area contributed by atoms with E-state index < -0.39 is 17.5 Å². The second kappa shape index (κ2) is 6.84. The monoisotopic (exact) mass is 405 g/mol. The molecule has 0 spiro atoms. The lowest BCUT2D eigenvalue weighted by Gasteiger charge is -2.13. The van der Waals surface area contributed by atoms with Gasteiger partial charge < -0.3 is 9.84 Å². The van der Waals surface area contributed by atoms with Crippen molar-refractivity contribution in [3.63, 3.8) is 0 Å². The molecule has 0 radical (unpaired) electrons. The van der Waals surface area contributed by atoms with E-state index in [9.17, 15) is 23.1 Å². The Kier molecular flexibility index (Phi) is 4.57. The van der Waals surface area contributed by atoms with Crippen molar-refractivity contribution in [2.75, 3.05) is 13.2 Å². The van der Waals surface area contributed by atoms with Crippen molar-refractivity contribution in [3.05, 3.63) is 41.1 Å². The molecule has 1 aromatic carbocycles. The van der Waals surface area contributed by atoms with E-state index in [2.05, 4.69) is 10.1 Å². The van der Waals surface area contributed by atoms with E-state index >= 15 is 0 Å². The number of nitrogens with zero attached hydrogens (tertiary/aromatic N) is 3. The highest BCUT2D eigenvalue weighted by Crippen LogP contribution is 2.39. The number of aryl methyl sites for hydroxylation is 1. The van der Waals surface area contributed by atoms with E-state index in [0.29, 0.717) is 36.0 Å². The standard InChI is InChI=1S/C20H18F3N3O3/c1-10-7-12(20(21,22)23)8-16(28)17(10)15-4-3-14-18(11(2)27)26(25-19(14)24-15)13-5-6-29-9-13/h3-4,7-8,13,28H,5-6,9H2,1-2H3. The van der Waals surface area contributed by atoms with Crippen LogP contribution in [0.1, 0.15) is 41.0 Å². The molecule has 0 amide bonds. The number of hydrogen-bond donors (Lipinski definition) is 1. The molecule has 0 aliphatic carbocycles. The average Bonchev–Trinajstić information content (AvgIpc) is 3.27. The zero-order valence-electron chi connectivity index (χ0n) is 15.7. The highest BCUT2D eigenvalue weighted by molar-refractivity contribution is 6.04. The Labute approximate surface area is 163 Å². The lowest BCUT2D eigenvalue weighted by atomic mass is 10.00. The van der Waals surface area contributed by atoms with Gasteiger partial charge in [0.1, 0.15) is 11.4 Å². The molecule has 1 unspecified atom stereocenters. The normalized spacial score (nSPS) is 17.2. The summed E-state index contributed by atoms with van der Waals surface area (Å²) < 4.78 is 45.9. The Balaban J connectivity index is 1.86. The van der Waals surface area contributed by atoms with Crippen LogP contribution < -0.4 is 0 Å². The minimum absolute atomic E-state index is 0.0762. The average molecular weight is 405 g/mol. The Hall–Kier alpha value is -2.94. The van der Waals surface area contributed by atoms with E-state index in [-0.39, 0.29) is 28.6 Å². The largest absolute Gasteiger partial charge is 0.507 e. The third kappa shape index (κ3) is 3.35. The fourth-order valence-electron chi connectivity index (χ4n) is 3.72. The fraction of sp³-hybridized carbons (Fsp3) is 0.350. The van der Waals surface area contributed by atoms with Crippen LogP contribution in [-0.2, 0) is 10.9 Å². The number of aromatic nitrogens is 3. The number of ketones is 1. The predicted octanol–water partition coefficient (Wildman–Crippen LogP) is 4.30. The molecule has 0 bridgehead atoms. The number of pyridine rings is 1. The topological polar surface area (TPSA) is 77.2 Å². The Morgan fingerprint density at radius 1 is 1.31 bits per heavy atom. The minimum Gasteiger partial charge on any atom is -0.507 e. The first-order valence-electron chi connectivity index (χ1n) is 9.06. The highest BCUT2D eigenvalue weighted by Gasteiger charge is 2.32. The summed E-state index contributed by atoms with van der Waals surface area (Å²) in [5, 5.41) is 15.3. The molecule has 6 nitrogen and oxygen atoms in total. The molecule has 1 fully saturated rings. The van der Waals surface area contributed by atoms with Gasteiger partial charge in [0, 0.05) is 19.1 Å². The van der Waals surface area contributed by atoms with Gasteiger partial charge in [-0.25, -0.2) is 4.98 Å². The smallest absolute Gasteiger partial charge is 0.416 e. The van der Waals surface area contributed by atoms with Crippen LogP contribution in [0, 0.1) is 6.92 Å².